The zero-order chi connectivity index (χ0) is 16.6. The van der Waals surface area contributed by atoms with E-state index >= 15 is 0 Å². The average molecular weight is 339 g/mol. The number of hydrogen-bond acceptors (Lipinski definition) is 2. The van der Waals surface area contributed by atoms with Crippen molar-refractivity contribution in [3.05, 3.63) is 29.0 Å². The maximum absolute atomic E-state index is 13.1. The molecule has 1 aromatic rings. The van der Waals surface area contributed by atoms with Crippen LogP contribution in [0.5, 0.6) is 0 Å². The highest BCUT2D eigenvalue weighted by atomic mass is 35.5. The molecule has 6 heteroatoms. The van der Waals surface area contributed by atoms with Gasteiger partial charge in [0.05, 0.1) is 10.7 Å². The van der Waals surface area contributed by atoms with Crippen LogP contribution < -0.4 is 5.32 Å². The number of halogens is 2. The molecular weight excluding hydrogens is 319 g/mol. The average Bonchev–Trinajstić information content (AvgIpc) is 3.26. The van der Waals surface area contributed by atoms with E-state index in [9.17, 15) is 14.0 Å². The van der Waals surface area contributed by atoms with Gasteiger partial charge in [-0.25, -0.2) is 4.39 Å². The highest BCUT2D eigenvalue weighted by Gasteiger charge is 2.44. The number of piperidine rings is 1. The van der Waals surface area contributed by atoms with Gasteiger partial charge in [-0.1, -0.05) is 18.5 Å². The van der Waals surface area contributed by atoms with Crippen molar-refractivity contribution in [1.82, 2.24) is 4.90 Å². The lowest BCUT2D eigenvalue weighted by atomic mass is 10.00. The summed E-state index contributed by atoms with van der Waals surface area (Å²) >= 11 is 5.96. The second-order valence-corrected chi connectivity index (χ2v) is 6.88. The van der Waals surface area contributed by atoms with Crippen LogP contribution in [0, 0.1) is 17.7 Å². The Labute approximate surface area is 140 Å². The Morgan fingerprint density at radius 2 is 2.09 bits per heavy atom. The number of anilines is 1. The Morgan fingerprint density at radius 1 is 1.35 bits per heavy atom. The van der Waals surface area contributed by atoms with Gasteiger partial charge in [0, 0.05) is 12.5 Å². The molecule has 2 fully saturated rings. The van der Waals surface area contributed by atoms with E-state index in [1.807, 2.05) is 0 Å². The maximum Gasteiger partial charge on any atom is 0.247 e. The summed E-state index contributed by atoms with van der Waals surface area (Å²) in [6.45, 7) is 2.68. The van der Waals surface area contributed by atoms with E-state index in [4.69, 9.17) is 11.6 Å². The molecule has 1 aliphatic carbocycles. The summed E-state index contributed by atoms with van der Waals surface area (Å²) in [6.07, 6.45) is 3.40. The van der Waals surface area contributed by atoms with Gasteiger partial charge < -0.3 is 10.2 Å². The fourth-order valence-corrected chi connectivity index (χ4v) is 3.37. The van der Waals surface area contributed by atoms with Crippen LogP contribution in [-0.4, -0.2) is 29.3 Å². The third-order valence-electron chi connectivity index (χ3n) is 4.70. The lowest BCUT2D eigenvalue weighted by Gasteiger charge is -2.35. The quantitative estimate of drug-likeness (QED) is 0.917. The Bertz CT molecular complexity index is 637. The molecule has 3 atom stereocenters. The van der Waals surface area contributed by atoms with Crippen molar-refractivity contribution in [2.24, 2.45) is 11.8 Å². The van der Waals surface area contributed by atoms with Gasteiger partial charge in [0.2, 0.25) is 11.8 Å². The van der Waals surface area contributed by atoms with Crippen LogP contribution in [0.1, 0.15) is 32.6 Å². The first-order valence-corrected chi connectivity index (χ1v) is 8.41. The molecular formula is C17H20ClFN2O2. The molecule has 1 saturated heterocycles. The second-order valence-electron chi connectivity index (χ2n) is 6.48. The monoisotopic (exact) mass is 338 g/mol. The molecule has 1 N–H and O–H groups in total. The molecule has 124 valence electrons. The normalized spacial score (nSPS) is 26.7. The van der Waals surface area contributed by atoms with Gasteiger partial charge in [-0.15, -0.1) is 0 Å². The number of carbonyl (C=O) groups excluding carboxylic acids is 2. The number of nitrogens with one attached hydrogen (secondary N) is 1. The summed E-state index contributed by atoms with van der Waals surface area (Å²) in [5, 5.41) is 2.89. The number of amides is 2. The summed E-state index contributed by atoms with van der Waals surface area (Å²) < 4.78 is 13.1. The lowest BCUT2D eigenvalue weighted by Crippen LogP contribution is -2.50. The molecule has 4 nitrogen and oxygen atoms in total. The van der Waals surface area contributed by atoms with Crippen LogP contribution in [0.3, 0.4) is 0 Å². The standard InChI is InChI=1S/C17H20ClFN2O2/c1-10-8-12(10)17(23)21-7-3-2-4-15(21)16(22)20-14-6-5-11(19)9-13(14)18/h5-6,9-10,12,15H,2-4,7-8H2,1H3,(H,20,22). The van der Waals surface area contributed by atoms with Gasteiger partial charge in [-0.2, -0.15) is 0 Å². The molecule has 1 aromatic carbocycles. The Hall–Kier alpha value is -1.62. The molecule has 2 aliphatic rings. The molecule has 3 rings (SSSR count). The molecule has 1 heterocycles. The molecule has 0 spiro atoms. The molecule has 0 aromatic heterocycles. The molecule has 3 unspecified atom stereocenters. The first-order chi connectivity index (χ1) is 11.0. The summed E-state index contributed by atoms with van der Waals surface area (Å²) in [4.78, 5) is 26.8. The van der Waals surface area contributed by atoms with Crippen molar-refractivity contribution in [1.29, 1.82) is 0 Å². The Morgan fingerprint density at radius 3 is 2.74 bits per heavy atom. The van der Waals surface area contributed by atoms with Crippen LogP contribution in [0.4, 0.5) is 10.1 Å². The highest BCUT2D eigenvalue weighted by molar-refractivity contribution is 6.33. The predicted molar refractivity (Wildman–Crippen MR) is 86.7 cm³/mol. The van der Waals surface area contributed by atoms with E-state index in [0.29, 0.717) is 24.6 Å². The van der Waals surface area contributed by atoms with Crippen molar-refractivity contribution in [2.45, 2.75) is 38.6 Å². The smallest absolute Gasteiger partial charge is 0.247 e. The van der Waals surface area contributed by atoms with E-state index in [1.165, 1.54) is 12.1 Å². The number of nitrogens with zero attached hydrogens (tertiary/aromatic N) is 1. The van der Waals surface area contributed by atoms with Gasteiger partial charge in [0.25, 0.3) is 0 Å². The number of hydrogen-bond donors (Lipinski definition) is 1. The fourth-order valence-electron chi connectivity index (χ4n) is 3.15. The van der Waals surface area contributed by atoms with Crippen LogP contribution in [0.2, 0.25) is 5.02 Å². The van der Waals surface area contributed by atoms with Crippen molar-refractivity contribution >= 4 is 29.1 Å². The molecule has 2 amide bonds. The van der Waals surface area contributed by atoms with Gasteiger partial charge in [-0.05, 0) is 49.8 Å². The van der Waals surface area contributed by atoms with E-state index in [0.717, 1.165) is 25.3 Å². The third kappa shape index (κ3) is 3.50. The van der Waals surface area contributed by atoms with E-state index in [-0.39, 0.29) is 22.8 Å². The maximum atomic E-state index is 13.1. The summed E-state index contributed by atoms with van der Waals surface area (Å²) in [5.41, 5.74) is 0.371. The van der Waals surface area contributed by atoms with Crippen LogP contribution in [0.15, 0.2) is 18.2 Å². The van der Waals surface area contributed by atoms with Crippen molar-refractivity contribution in [3.8, 4) is 0 Å². The summed E-state index contributed by atoms with van der Waals surface area (Å²) in [5.74, 6) is -0.134. The zero-order valence-electron chi connectivity index (χ0n) is 13.0. The molecule has 1 aliphatic heterocycles. The molecule has 23 heavy (non-hydrogen) atoms. The minimum absolute atomic E-state index is 0.0674. The van der Waals surface area contributed by atoms with Crippen molar-refractivity contribution in [2.75, 3.05) is 11.9 Å². The van der Waals surface area contributed by atoms with Gasteiger partial charge in [-0.3, -0.25) is 9.59 Å². The minimum atomic E-state index is -0.467. The zero-order valence-corrected chi connectivity index (χ0v) is 13.8. The number of benzene rings is 1. The Kier molecular flexibility index (Phi) is 4.57. The van der Waals surface area contributed by atoms with Crippen molar-refractivity contribution < 1.29 is 14.0 Å². The molecule has 0 radical (unpaired) electrons. The molecule has 0 bridgehead atoms. The van der Waals surface area contributed by atoms with Crippen LogP contribution in [0.25, 0.3) is 0 Å². The molecule has 1 saturated carbocycles. The highest BCUT2D eigenvalue weighted by Crippen LogP contribution is 2.40. The third-order valence-corrected chi connectivity index (χ3v) is 5.02. The summed E-state index contributed by atoms with van der Waals surface area (Å²) in [6, 6.07) is 3.38. The SMILES string of the molecule is CC1CC1C(=O)N1CCCCC1C(=O)Nc1ccc(F)cc1Cl. The number of rotatable bonds is 3. The van der Waals surface area contributed by atoms with Gasteiger partial charge >= 0.3 is 0 Å². The number of likely N-dealkylation sites (tertiary alicyclic amines) is 1. The fraction of sp³-hybridized carbons (Fsp3) is 0.529. The van der Waals surface area contributed by atoms with E-state index in [1.54, 1.807) is 4.90 Å². The first-order valence-electron chi connectivity index (χ1n) is 8.04. The van der Waals surface area contributed by atoms with Crippen molar-refractivity contribution in [3.63, 3.8) is 0 Å². The Balaban J connectivity index is 1.72. The van der Waals surface area contributed by atoms with Crippen LogP contribution in [-0.2, 0) is 9.59 Å². The first kappa shape index (κ1) is 16.2. The second kappa shape index (κ2) is 6.48. The topological polar surface area (TPSA) is 49.4 Å². The predicted octanol–water partition coefficient (Wildman–Crippen LogP) is 3.45. The van der Waals surface area contributed by atoms with Crippen LogP contribution >= 0.6 is 11.6 Å². The largest absolute Gasteiger partial charge is 0.330 e. The van der Waals surface area contributed by atoms with E-state index < -0.39 is 11.9 Å². The lowest BCUT2D eigenvalue weighted by molar-refractivity contribution is -0.141. The van der Waals surface area contributed by atoms with Gasteiger partial charge in [0.1, 0.15) is 11.9 Å². The number of carbonyl (C=O) groups is 2. The summed E-state index contributed by atoms with van der Waals surface area (Å²) in [7, 11) is 0. The minimum Gasteiger partial charge on any atom is -0.330 e. The van der Waals surface area contributed by atoms with Gasteiger partial charge in [0.15, 0.2) is 0 Å². The van der Waals surface area contributed by atoms with E-state index in [2.05, 4.69) is 12.2 Å².